The molecule has 20 heavy (non-hydrogen) atoms. The van der Waals surface area contributed by atoms with Crippen LogP contribution in [0, 0.1) is 0 Å². The average molecular weight is 345 g/mol. The minimum atomic E-state index is -1.45. The third-order valence-electron chi connectivity index (χ3n) is 3.30. The van der Waals surface area contributed by atoms with Crippen molar-refractivity contribution < 1.29 is 19.4 Å². The van der Waals surface area contributed by atoms with E-state index in [1.807, 2.05) is 6.08 Å². The number of ketones is 1. The fourth-order valence-electron chi connectivity index (χ4n) is 2.12. The van der Waals surface area contributed by atoms with Gasteiger partial charge in [0, 0.05) is 24.3 Å². The molecular weight excluding hydrogens is 324 g/mol. The molecule has 0 aromatic carbocycles. The molecule has 1 N–H and O–H groups in total. The Kier molecular flexibility index (Phi) is 6.82. The first-order valence-corrected chi connectivity index (χ1v) is 7.34. The molecule has 0 fully saturated rings. The summed E-state index contributed by atoms with van der Waals surface area (Å²) >= 11 is 3.32. The molecule has 1 rings (SSSR count). The molecule has 5 heteroatoms. The summed E-state index contributed by atoms with van der Waals surface area (Å²) in [6.07, 6.45) is 7.39. The largest absolute Gasteiger partial charge is 0.388 e. The van der Waals surface area contributed by atoms with Gasteiger partial charge in [-0.2, -0.15) is 0 Å². The fraction of sp³-hybridized carbons (Fsp3) is 0.533. The average Bonchev–Trinajstić information content (AvgIpc) is 2.45. The Morgan fingerprint density at radius 3 is 2.65 bits per heavy atom. The topological polar surface area (TPSA) is 55.8 Å². The number of methoxy groups -OCH3 is 2. The Balaban J connectivity index is 2.81. The van der Waals surface area contributed by atoms with Crippen molar-refractivity contribution >= 4 is 21.7 Å². The first-order valence-electron chi connectivity index (χ1n) is 6.54. The molecule has 0 amide bonds. The number of carbonyl (C=O) groups is 1. The first-order chi connectivity index (χ1) is 9.50. The number of aliphatic hydroxyl groups is 1. The molecule has 1 aliphatic carbocycles. The molecule has 0 spiro atoms. The maximum atomic E-state index is 12.4. The van der Waals surface area contributed by atoms with Gasteiger partial charge in [0.05, 0.1) is 6.10 Å². The summed E-state index contributed by atoms with van der Waals surface area (Å²) in [5.74, 6) is -1.81. The van der Waals surface area contributed by atoms with E-state index in [1.54, 1.807) is 12.2 Å². The smallest absolute Gasteiger partial charge is 0.254 e. The predicted octanol–water partition coefficient (Wildman–Crippen LogP) is 2.87. The normalized spacial score (nSPS) is 19.3. The molecule has 1 aliphatic rings. The zero-order valence-corrected chi connectivity index (χ0v) is 13.5. The number of unbranched alkanes of at least 4 members (excludes halogenated alkanes) is 2. The van der Waals surface area contributed by atoms with E-state index in [4.69, 9.17) is 9.47 Å². The number of allylic oxidation sites excluding steroid dienone is 3. The lowest BCUT2D eigenvalue weighted by Crippen LogP contribution is -2.45. The van der Waals surface area contributed by atoms with Crippen molar-refractivity contribution in [2.45, 2.75) is 37.6 Å². The lowest BCUT2D eigenvalue weighted by molar-refractivity contribution is -0.183. The highest BCUT2D eigenvalue weighted by atomic mass is 79.9. The van der Waals surface area contributed by atoms with Crippen LogP contribution in [0.15, 0.2) is 34.9 Å². The summed E-state index contributed by atoms with van der Waals surface area (Å²) in [6.45, 7) is 3.66. The van der Waals surface area contributed by atoms with Gasteiger partial charge >= 0.3 is 0 Å². The van der Waals surface area contributed by atoms with Crippen LogP contribution in [0.5, 0.6) is 0 Å². The Morgan fingerprint density at radius 2 is 2.10 bits per heavy atom. The van der Waals surface area contributed by atoms with Crippen molar-refractivity contribution in [2.75, 3.05) is 14.2 Å². The van der Waals surface area contributed by atoms with Crippen molar-refractivity contribution in [1.82, 2.24) is 0 Å². The zero-order chi connectivity index (χ0) is 15.2. The van der Waals surface area contributed by atoms with Crippen LogP contribution < -0.4 is 0 Å². The lowest BCUT2D eigenvalue weighted by Gasteiger charge is -2.31. The number of Topliss-reactive ketones (excluding diaryl/α,β-unsaturated/α-hetero) is 1. The highest BCUT2D eigenvalue weighted by Gasteiger charge is 2.42. The van der Waals surface area contributed by atoms with Gasteiger partial charge in [-0.05, 0) is 31.4 Å². The third kappa shape index (κ3) is 3.88. The lowest BCUT2D eigenvalue weighted by atomic mass is 9.91. The molecule has 4 nitrogen and oxygen atoms in total. The van der Waals surface area contributed by atoms with Gasteiger partial charge in [0.2, 0.25) is 5.78 Å². The molecule has 0 aromatic rings. The number of hydrogen-bond acceptors (Lipinski definition) is 4. The summed E-state index contributed by atoms with van der Waals surface area (Å²) < 4.78 is 11.0. The van der Waals surface area contributed by atoms with Gasteiger partial charge in [0.1, 0.15) is 0 Å². The summed E-state index contributed by atoms with van der Waals surface area (Å²) in [7, 11) is 2.80. The van der Waals surface area contributed by atoms with E-state index in [1.165, 1.54) is 14.2 Å². The molecule has 0 heterocycles. The van der Waals surface area contributed by atoms with Crippen molar-refractivity contribution in [2.24, 2.45) is 0 Å². The number of carbonyl (C=O) groups excluding carboxylic acids is 1. The van der Waals surface area contributed by atoms with Crippen LogP contribution in [0.2, 0.25) is 0 Å². The molecule has 0 saturated heterocycles. The zero-order valence-electron chi connectivity index (χ0n) is 11.9. The predicted molar refractivity (Wildman–Crippen MR) is 81.5 cm³/mol. The highest BCUT2D eigenvalue weighted by molar-refractivity contribution is 9.11. The molecule has 0 aromatic heterocycles. The molecule has 0 radical (unpaired) electrons. The molecule has 0 bridgehead atoms. The van der Waals surface area contributed by atoms with Gasteiger partial charge in [-0.1, -0.05) is 28.4 Å². The maximum absolute atomic E-state index is 12.4. The maximum Gasteiger partial charge on any atom is 0.254 e. The van der Waals surface area contributed by atoms with Crippen molar-refractivity contribution in [3.8, 4) is 0 Å². The van der Waals surface area contributed by atoms with Gasteiger partial charge in [-0.25, -0.2) is 0 Å². The van der Waals surface area contributed by atoms with Gasteiger partial charge in [-0.3, -0.25) is 4.79 Å². The quantitative estimate of drug-likeness (QED) is 0.418. The van der Waals surface area contributed by atoms with Gasteiger partial charge in [0.15, 0.2) is 0 Å². The van der Waals surface area contributed by atoms with Gasteiger partial charge in [0.25, 0.3) is 5.79 Å². The Bertz CT molecular complexity index is 422. The van der Waals surface area contributed by atoms with E-state index in [-0.39, 0.29) is 5.78 Å². The summed E-state index contributed by atoms with van der Waals surface area (Å²) in [5.41, 5.74) is 0.307. The van der Waals surface area contributed by atoms with Gasteiger partial charge in [-0.15, -0.1) is 6.58 Å². The Labute approximate surface area is 128 Å². The summed E-state index contributed by atoms with van der Waals surface area (Å²) in [5, 5.41) is 10.2. The van der Waals surface area contributed by atoms with Crippen LogP contribution >= 0.6 is 15.9 Å². The molecule has 0 saturated carbocycles. The van der Waals surface area contributed by atoms with Crippen LogP contribution in [0.25, 0.3) is 0 Å². The molecule has 112 valence electrons. The van der Waals surface area contributed by atoms with Gasteiger partial charge < -0.3 is 14.6 Å². The molecule has 1 atom stereocenters. The Morgan fingerprint density at radius 1 is 1.45 bits per heavy atom. The van der Waals surface area contributed by atoms with Crippen molar-refractivity contribution in [3.63, 3.8) is 0 Å². The van der Waals surface area contributed by atoms with E-state index < -0.39 is 11.9 Å². The minimum Gasteiger partial charge on any atom is -0.388 e. The second kappa shape index (κ2) is 7.88. The third-order valence-corrected chi connectivity index (χ3v) is 3.76. The fourth-order valence-corrected chi connectivity index (χ4v) is 2.67. The monoisotopic (exact) mass is 344 g/mol. The SMILES string of the molecule is C=CCCCCC(O)C1=CC(Br)=CC(OC)(OC)C1=O. The van der Waals surface area contributed by atoms with E-state index in [2.05, 4.69) is 22.5 Å². The standard InChI is InChI=1S/C15H21BrO4/c1-4-5-6-7-8-13(17)12-9-11(16)10-15(19-2,20-3)14(12)18/h4,9-10,13,17H,1,5-8H2,2-3H3. The molecular formula is C15H21BrO4. The number of ether oxygens (including phenoxy) is 2. The number of hydrogen-bond donors (Lipinski definition) is 1. The highest BCUT2D eigenvalue weighted by Crippen LogP contribution is 2.32. The van der Waals surface area contributed by atoms with E-state index >= 15 is 0 Å². The van der Waals surface area contributed by atoms with Crippen LogP contribution in [-0.4, -0.2) is 37.0 Å². The second-order valence-corrected chi connectivity index (χ2v) is 5.54. The van der Waals surface area contributed by atoms with Crippen molar-refractivity contribution in [3.05, 3.63) is 34.9 Å². The second-order valence-electron chi connectivity index (χ2n) is 4.62. The number of aliphatic hydroxyl groups excluding tert-OH is 1. The first kappa shape index (κ1) is 17.3. The number of rotatable bonds is 8. The van der Waals surface area contributed by atoms with Crippen molar-refractivity contribution in [1.29, 1.82) is 0 Å². The van der Waals surface area contributed by atoms with Crippen LogP contribution in [0.3, 0.4) is 0 Å². The Hall–Kier alpha value is -0.750. The van der Waals surface area contributed by atoms with E-state index in [0.29, 0.717) is 16.5 Å². The van der Waals surface area contributed by atoms with Crippen LogP contribution in [0.4, 0.5) is 0 Å². The number of halogens is 1. The van der Waals surface area contributed by atoms with E-state index in [0.717, 1.165) is 19.3 Å². The summed E-state index contributed by atoms with van der Waals surface area (Å²) in [6, 6.07) is 0. The minimum absolute atomic E-state index is 0.307. The van der Waals surface area contributed by atoms with E-state index in [9.17, 15) is 9.90 Å². The molecule has 1 unspecified atom stereocenters. The summed E-state index contributed by atoms with van der Waals surface area (Å²) in [4.78, 5) is 12.4. The van der Waals surface area contributed by atoms with Crippen LogP contribution in [-0.2, 0) is 14.3 Å². The van der Waals surface area contributed by atoms with Crippen LogP contribution in [0.1, 0.15) is 25.7 Å². The molecule has 0 aliphatic heterocycles.